The van der Waals surface area contributed by atoms with Crippen molar-refractivity contribution in [2.45, 2.75) is 31.1 Å². The number of likely N-dealkylation sites (N-methyl/N-ethyl adjacent to an activating group) is 1. The van der Waals surface area contributed by atoms with E-state index in [1.807, 2.05) is 7.05 Å². The first-order valence-corrected chi connectivity index (χ1v) is 7.44. The lowest BCUT2D eigenvalue weighted by Gasteiger charge is -2.34. The maximum Gasteiger partial charge on any atom is 0.0963 e. The summed E-state index contributed by atoms with van der Waals surface area (Å²) in [6, 6.07) is 8.85. The minimum atomic E-state index is 0.117. The molecule has 0 saturated carbocycles. The van der Waals surface area contributed by atoms with Gasteiger partial charge in [0.05, 0.1) is 38.6 Å². The Kier molecular flexibility index (Phi) is 4.68. The Balaban J connectivity index is 1.70. The summed E-state index contributed by atoms with van der Waals surface area (Å²) in [5.41, 5.74) is 2.75. The van der Waals surface area contributed by atoms with Crippen molar-refractivity contribution < 1.29 is 14.2 Å². The lowest BCUT2D eigenvalue weighted by Crippen LogP contribution is -2.46. The molecule has 1 fully saturated rings. The van der Waals surface area contributed by atoms with Crippen LogP contribution in [0.5, 0.6) is 0 Å². The molecule has 1 aromatic rings. The van der Waals surface area contributed by atoms with Gasteiger partial charge in [-0.3, -0.25) is 0 Å². The molecule has 0 amide bonds. The van der Waals surface area contributed by atoms with E-state index >= 15 is 0 Å². The second-order valence-electron chi connectivity index (χ2n) is 5.42. The molecule has 2 aliphatic rings. The summed E-state index contributed by atoms with van der Waals surface area (Å²) in [4.78, 5) is 0. The van der Waals surface area contributed by atoms with Crippen molar-refractivity contribution in [1.29, 1.82) is 0 Å². The lowest BCUT2D eigenvalue weighted by molar-refractivity contribution is -0.108. The molecule has 4 nitrogen and oxygen atoms in total. The number of hydrogen-bond donors (Lipinski definition) is 1. The Morgan fingerprint density at radius 2 is 2.10 bits per heavy atom. The summed E-state index contributed by atoms with van der Waals surface area (Å²) < 4.78 is 17.3. The van der Waals surface area contributed by atoms with E-state index in [1.54, 1.807) is 0 Å². The van der Waals surface area contributed by atoms with Crippen molar-refractivity contribution in [3.8, 4) is 0 Å². The van der Waals surface area contributed by atoms with Gasteiger partial charge in [0.1, 0.15) is 0 Å². The summed E-state index contributed by atoms with van der Waals surface area (Å²) >= 11 is 0. The molecule has 3 unspecified atom stereocenters. The topological polar surface area (TPSA) is 39.7 Å². The summed E-state index contributed by atoms with van der Waals surface area (Å²) in [7, 11) is 1.98. The van der Waals surface area contributed by atoms with E-state index < -0.39 is 0 Å². The predicted octanol–water partition coefficient (Wildman–Crippen LogP) is 1.69. The van der Waals surface area contributed by atoms with E-state index in [4.69, 9.17) is 14.2 Å². The monoisotopic (exact) mass is 277 g/mol. The van der Waals surface area contributed by atoms with Gasteiger partial charge in [0.15, 0.2) is 0 Å². The average molecular weight is 277 g/mol. The van der Waals surface area contributed by atoms with Gasteiger partial charge >= 0.3 is 0 Å². The third-order valence-electron chi connectivity index (χ3n) is 4.22. The predicted molar refractivity (Wildman–Crippen MR) is 76.9 cm³/mol. The van der Waals surface area contributed by atoms with Gasteiger partial charge in [0, 0.05) is 6.04 Å². The highest BCUT2D eigenvalue weighted by molar-refractivity contribution is 5.31. The van der Waals surface area contributed by atoms with Gasteiger partial charge in [0.2, 0.25) is 0 Å². The van der Waals surface area contributed by atoms with E-state index in [1.165, 1.54) is 11.1 Å². The van der Waals surface area contributed by atoms with Crippen molar-refractivity contribution in [2.24, 2.45) is 0 Å². The Hall–Kier alpha value is -0.940. The van der Waals surface area contributed by atoms with Crippen LogP contribution in [-0.4, -0.2) is 45.6 Å². The molecular formula is C16H23NO3. The van der Waals surface area contributed by atoms with Gasteiger partial charge in [-0.25, -0.2) is 0 Å². The first kappa shape index (κ1) is 14.0. The molecule has 0 spiro atoms. The number of fused-ring (bicyclic) bond motifs is 1. The molecule has 1 N–H and O–H groups in total. The van der Waals surface area contributed by atoms with Crippen molar-refractivity contribution in [1.82, 2.24) is 5.32 Å². The van der Waals surface area contributed by atoms with Gasteiger partial charge < -0.3 is 19.5 Å². The van der Waals surface area contributed by atoms with Crippen LogP contribution in [0, 0.1) is 0 Å². The Bertz CT molecular complexity index is 431. The van der Waals surface area contributed by atoms with Crippen molar-refractivity contribution in [3.63, 3.8) is 0 Å². The van der Waals surface area contributed by atoms with Crippen LogP contribution in [0.25, 0.3) is 0 Å². The highest BCUT2D eigenvalue weighted by Gasteiger charge is 2.29. The first-order chi connectivity index (χ1) is 9.88. The van der Waals surface area contributed by atoms with E-state index in [9.17, 15) is 0 Å². The number of hydrogen-bond acceptors (Lipinski definition) is 4. The molecule has 2 aliphatic heterocycles. The maximum absolute atomic E-state index is 5.99. The normalized spacial score (nSPS) is 27.9. The van der Waals surface area contributed by atoms with Crippen LogP contribution >= 0.6 is 0 Å². The molecular weight excluding hydrogens is 254 g/mol. The van der Waals surface area contributed by atoms with Crippen LogP contribution in [0.2, 0.25) is 0 Å². The fraction of sp³-hybridized carbons (Fsp3) is 0.625. The fourth-order valence-electron chi connectivity index (χ4n) is 3.10. The summed E-state index contributed by atoms with van der Waals surface area (Å²) in [5, 5.41) is 3.36. The molecule has 110 valence electrons. The fourth-order valence-corrected chi connectivity index (χ4v) is 3.10. The molecule has 1 aromatic carbocycles. The minimum absolute atomic E-state index is 0.117. The highest BCUT2D eigenvalue weighted by atomic mass is 16.6. The Morgan fingerprint density at radius 3 is 2.90 bits per heavy atom. The average Bonchev–Trinajstić information content (AvgIpc) is 2.53. The van der Waals surface area contributed by atoms with Gasteiger partial charge in [0.25, 0.3) is 0 Å². The molecule has 0 aromatic heterocycles. The molecule has 0 radical (unpaired) electrons. The minimum Gasteiger partial charge on any atom is -0.376 e. The smallest absolute Gasteiger partial charge is 0.0963 e. The van der Waals surface area contributed by atoms with Crippen molar-refractivity contribution >= 4 is 0 Å². The second-order valence-corrected chi connectivity index (χ2v) is 5.42. The third kappa shape index (κ3) is 3.04. The summed E-state index contributed by atoms with van der Waals surface area (Å²) in [6.07, 6.45) is 2.20. The zero-order valence-electron chi connectivity index (χ0n) is 12.0. The van der Waals surface area contributed by atoms with Crippen LogP contribution in [0.15, 0.2) is 24.3 Å². The standard InChI is InChI=1S/C16H23NO3/c1-17-14(16-11-18-8-9-20-16)10-15-13-5-3-2-4-12(13)6-7-19-15/h2-5,14-17H,6-11H2,1H3. The molecule has 1 saturated heterocycles. The van der Waals surface area contributed by atoms with E-state index in [-0.39, 0.29) is 18.2 Å². The van der Waals surface area contributed by atoms with Crippen LogP contribution in [0.4, 0.5) is 0 Å². The number of benzene rings is 1. The highest BCUT2D eigenvalue weighted by Crippen LogP contribution is 2.31. The van der Waals surface area contributed by atoms with Crippen LogP contribution in [0.3, 0.4) is 0 Å². The summed E-state index contributed by atoms with van der Waals surface area (Å²) in [6.45, 7) is 2.86. The van der Waals surface area contributed by atoms with E-state index in [0.717, 1.165) is 19.4 Å². The second kappa shape index (κ2) is 6.68. The zero-order valence-corrected chi connectivity index (χ0v) is 12.0. The quantitative estimate of drug-likeness (QED) is 0.909. The summed E-state index contributed by atoms with van der Waals surface area (Å²) in [5.74, 6) is 0. The Morgan fingerprint density at radius 1 is 1.20 bits per heavy atom. The van der Waals surface area contributed by atoms with Gasteiger partial charge in [-0.1, -0.05) is 24.3 Å². The van der Waals surface area contributed by atoms with Crippen LogP contribution in [0.1, 0.15) is 23.7 Å². The molecule has 2 heterocycles. The van der Waals surface area contributed by atoms with Crippen LogP contribution < -0.4 is 5.32 Å². The maximum atomic E-state index is 5.99. The largest absolute Gasteiger partial charge is 0.376 e. The molecule has 3 rings (SSSR count). The van der Waals surface area contributed by atoms with Crippen molar-refractivity contribution in [2.75, 3.05) is 33.5 Å². The number of nitrogens with one attached hydrogen (secondary N) is 1. The van der Waals surface area contributed by atoms with Gasteiger partial charge in [-0.2, -0.15) is 0 Å². The van der Waals surface area contributed by atoms with Gasteiger partial charge in [-0.05, 0) is 31.0 Å². The number of rotatable bonds is 4. The van der Waals surface area contributed by atoms with E-state index in [0.29, 0.717) is 19.8 Å². The molecule has 4 heteroatoms. The van der Waals surface area contributed by atoms with Crippen LogP contribution in [-0.2, 0) is 20.6 Å². The number of ether oxygens (including phenoxy) is 3. The lowest BCUT2D eigenvalue weighted by atomic mass is 9.92. The third-order valence-corrected chi connectivity index (χ3v) is 4.22. The Labute approximate surface area is 120 Å². The molecule has 20 heavy (non-hydrogen) atoms. The molecule has 3 atom stereocenters. The van der Waals surface area contributed by atoms with Gasteiger partial charge in [-0.15, -0.1) is 0 Å². The first-order valence-electron chi connectivity index (χ1n) is 7.44. The molecule has 0 bridgehead atoms. The SMILES string of the molecule is CNC(CC1OCCc2ccccc21)C1COCCO1. The zero-order chi connectivity index (χ0) is 13.8. The van der Waals surface area contributed by atoms with Crippen molar-refractivity contribution in [3.05, 3.63) is 35.4 Å². The van der Waals surface area contributed by atoms with E-state index in [2.05, 4.69) is 29.6 Å². The molecule has 0 aliphatic carbocycles.